The van der Waals surface area contributed by atoms with Crippen LogP contribution in [0.5, 0.6) is 17.2 Å². The van der Waals surface area contributed by atoms with Gasteiger partial charge in [0.25, 0.3) is 5.91 Å². The fourth-order valence-corrected chi connectivity index (χ4v) is 3.40. The maximum absolute atomic E-state index is 12.8. The van der Waals surface area contributed by atoms with Gasteiger partial charge in [-0.05, 0) is 6.42 Å². The molecule has 0 aliphatic heterocycles. The van der Waals surface area contributed by atoms with Crippen LogP contribution in [-0.4, -0.2) is 46.8 Å². The van der Waals surface area contributed by atoms with Crippen LogP contribution in [0, 0.1) is 0 Å². The number of H-pyrrole nitrogens is 1. The van der Waals surface area contributed by atoms with Gasteiger partial charge in [0, 0.05) is 18.1 Å². The number of hydrogen-bond acceptors (Lipinski definition) is 7. The number of carbonyl (C=O) groups excluding carboxylic acids is 1. The first kappa shape index (κ1) is 21.2. The minimum absolute atomic E-state index is 0.0177. The molecule has 10 heteroatoms. The number of fused-ring (bicyclic) bond motifs is 1. The predicted molar refractivity (Wildman–Crippen MR) is 111 cm³/mol. The van der Waals surface area contributed by atoms with Gasteiger partial charge in [0.2, 0.25) is 5.75 Å². The van der Waals surface area contributed by atoms with Crippen LogP contribution in [0.25, 0.3) is 16.9 Å². The third kappa shape index (κ3) is 3.56. The van der Waals surface area contributed by atoms with E-state index in [2.05, 4.69) is 15.0 Å². The lowest BCUT2D eigenvalue weighted by molar-refractivity contribution is 0.0996. The number of benzene rings is 1. The molecule has 2 heterocycles. The molecule has 160 valence electrons. The van der Waals surface area contributed by atoms with Crippen LogP contribution >= 0.6 is 0 Å². The Balaban J connectivity index is 2.36. The molecule has 0 spiro atoms. The Morgan fingerprint density at radius 3 is 2.30 bits per heavy atom. The molecule has 0 bridgehead atoms. The largest absolute Gasteiger partial charge is 0.493 e. The molecule has 0 aliphatic rings. The van der Waals surface area contributed by atoms with Gasteiger partial charge in [0.15, 0.2) is 22.8 Å². The van der Waals surface area contributed by atoms with E-state index in [9.17, 15) is 9.59 Å². The lowest BCUT2D eigenvalue weighted by Crippen LogP contribution is -2.17. The average molecular weight is 415 g/mol. The van der Waals surface area contributed by atoms with Gasteiger partial charge in [-0.1, -0.05) is 20.3 Å². The molecule has 10 nitrogen and oxygen atoms in total. The molecule has 1 atom stereocenters. The number of nitrogens with one attached hydrogen (secondary N) is 1. The van der Waals surface area contributed by atoms with Gasteiger partial charge in [-0.3, -0.25) is 4.79 Å². The minimum Gasteiger partial charge on any atom is -0.493 e. The van der Waals surface area contributed by atoms with Crippen molar-refractivity contribution in [2.24, 2.45) is 5.73 Å². The highest BCUT2D eigenvalue weighted by Crippen LogP contribution is 2.39. The molecule has 3 aromatic rings. The van der Waals surface area contributed by atoms with Crippen molar-refractivity contribution in [2.75, 3.05) is 21.3 Å². The molecule has 3 N–H and O–H groups in total. The fourth-order valence-electron chi connectivity index (χ4n) is 3.40. The first-order valence-corrected chi connectivity index (χ1v) is 9.49. The van der Waals surface area contributed by atoms with Crippen molar-refractivity contribution in [3.05, 3.63) is 34.1 Å². The molecule has 0 fully saturated rings. The summed E-state index contributed by atoms with van der Waals surface area (Å²) in [5, 5.41) is 0. The number of aromatic nitrogens is 4. The Labute approximate surface area is 173 Å². The van der Waals surface area contributed by atoms with Crippen LogP contribution < -0.4 is 25.6 Å². The van der Waals surface area contributed by atoms with E-state index in [-0.39, 0.29) is 22.8 Å². The second-order valence-electron chi connectivity index (χ2n) is 6.83. The highest BCUT2D eigenvalue weighted by atomic mass is 16.5. The van der Waals surface area contributed by atoms with E-state index < -0.39 is 11.6 Å². The average Bonchev–Trinajstić information content (AvgIpc) is 3.07. The summed E-state index contributed by atoms with van der Waals surface area (Å²) in [6.07, 6.45) is 1.74. The van der Waals surface area contributed by atoms with Crippen LogP contribution in [0.2, 0.25) is 0 Å². The maximum atomic E-state index is 12.8. The number of nitrogens with two attached hydrogens (primary N) is 1. The zero-order valence-corrected chi connectivity index (χ0v) is 17.6. The van der Waals surface area contributed by atoms with Crippen molar-refractivity contribution >= 4 is 17.1 Å². The lowest BCUT2D eigenvalue weighted by Gasteiger charge is -2.15. The molecular weight excluding hydrogens is 390 g/mol. The van der Waals surface area contributed by atoms with Crippen molar-refractivity contribution in [3.8, 4) is 22.9 Å². The molecular formula is C20H25N5O5. The van der Waals surface area contributed by atoms with Crippen LogP contribution in [-0.2, 0) is 0 Å². The molecule has 0 unspecified atom stereocenters. The lowest BCUT2D eigenvalue weighted by atomic mass is 10.1. The number of carbonyl (C=O) groups is 1. The van der Waals surface area contributed by atoms with E-state index in [1.54, 1.807) is 12.1 Å². The van der Waals surface area contributed by atoms with Crippen LogP contribution in [0.1, 0.15) is 48.9 Å². The van der Waals surface area contributed by atoms with E-state index in [1.807, 2.05) is 13.8 Å². The Morgan fingerprint density at radius 2 is 1.80 bits per heavy atom. The maximum Gasteiger partial charge on any atom is 0.332 e. The minimum atomic E-state index is -0.745. The number of nitrogens with zero attached hydrogens (tertiary/aromatic N) is 3. The monoisotopic (exact) mass is 415 g/mol. The van der Waals surface area contributed by atoms with Crippen molar-refractivity contribution < 1.29 is 19.0 Å². The van der Waals surface area contributed by atoms with Gasteiger partial charge in [0.05, 0.1) is 27.0 Å². The summed E-state index contributed by atoms with van der Waals surface area (Å²) >= 11 is 0. The van der Waals surface area contributed by atoms with Gasteiger partial charge in [-0.2, -0.15) is 0 Å². The first-order chi connectivity index (χ1) is 14.4. The van der Waals surface area contributed by atoms with E-state index in [0.717, 1.165) is 12.8 Å². The smallest absolute Gasteiger partial charge is 0.332 e. The molecule has 2 aromatic heterocycles. The SMILES string of the molecule is CCC[C@H](C)c1nc(C(N)=O)c2[nH]c(=O)n(-c3cc(OC)c(OC)c(OC)c3)c2n1. The number of aromatic amines is 1. The number of hydrogen-bond donors (Lipinski definition) is 2. The van der Waals surface area contributed by atoms with Crippen molar-refractivity contribution in [2.45, 2.75) is 32.6 Å². The summed E-state index contributed by atoms with van der Waals surface area (Å²) in [7, 11) is 4.46. The number of primary amides is 1. The standard InChI is InChI=1S/C20H25N5O5/c1-6-7-10(2)18-22-14(17(21)26)15-19(24-18)25(20(27)23-15)11-8-12(28-3)16(30-5)13(9-11)29-4/h8-10H,6-7H2,1-5H3,(H2,21,26)(H,23,27)/t10-/m0/s1. The van der Waals surface area contributed by atoms with Gasteiger partial charge < -0.3 is 24.9 Å². The Hall–Kier alpha value is -3.56. The Morgan fingerprint density at radius 1 is 1.17 bits per heavy atom. The summed E-state index contributed by atoms with van der Waals surface area (Å²) in [6.45, 7) is 4.01. The van der Waals surface area contributed by atoms with Crippen molar-refractivity contribution in [1.82, 2.24) is 19.5 Å². The fraction of sp³-hybridized carbons (Fsp3) is 0.400. The van der Waals surface area contributed by atoms with Gasteiger partial charge >= 0.3 is 5.69 Å². The third-order valence-electron chi connectivity index (χ3n) is 4.86. The number of ether oxygens (including phenoxy) is 3. The predicted octanol–water partition coefficient (Wildman–Crippen LogP) is 2.14. The summed E-state index contributed by atoms with van der Waals surface area (Å²) in [5.41, 5.74) is 5.84. The van der Waals surface area contributed by atoms with Crippen LogP contribution in [0.3, 0.4) is 0 Å². The van der Waals surface area contributed by atoms with Gasteiger partial charge in [-0.25, -0.2) is 19.3 Å². The summed E-state index contributed by atoms with van der Waals surface area (Å²) in [5.74, 6) is 0.815. The van der Waals surface area contributed by atoms with Crippen molar-refractivity contribution in [1.29, 1.82) is 0 Å². The van der Waals surface area contributed by atoms with E-state index in [1.165, 1.54) is 25.9 Å². The quantitative estimate of drug-likeness (QED) is 0.575. The van der Waals surface area contributed by atoms with Crippen LogP contribution in [0.4, 0.5) is 0 Å². The molecule has 0 saturated carbocycles. The Kier molecular flexibility index (Phi) is 5.95. The zero-order chi connectivity index (χ0) is 22.0. The second kappa shape index (κ2) is 8.44. The normalized spacial score (nSPS) is 12.0. The summed E-state index contributed by atoms with van der Waals surface area (Å²) in [4.78, 5) is 36.4. The first-order valence-electron chi connectivity index (χ1n) is 9.49. The highest BCUT2D eigenvalue weighted by molar-refractivity contribution is 6.01. The molecule has 0 saturated heterocycles. The number of rotatable bonds is 8. The van der Waals surface area contributed by atoms with E-state index in [0.29, 0.717) is 28.8 Å². The number of amides is 1. The highest BCUT2D eigenvalue weighted by Gasteiger charge is 2.23. The molecule has 1 aromatic carbocycles. The van der Waals surface area contributed by atoms with Gasteiger partial charge in [-0.15, -0.1) is 0 Å². The molecule has 0 aliphatic carbocycles. The van der Waals surface area contributed by atoms with E-state index in [4.69, 9.17) is 19.9 Å². The number of methoxy groups -OCH3 is 3. The third-order valence-corrected chi connectivity index (χ3v) is 4.86. The van der Waals surface area contributed by atoms with Crippen molar-refractivity contribution in [3.63, 3.8) is 0 Å². The second-order valence-corrected chi connectivity index (χ2v) is 6.83. The molecule has 0 radical (unpaired) electrons. The topological polar surface area (TPSA) is 134 Å². The summed E-state index contributed by atoms with van der Waals surface area (Å²) < 4.78 is 17.4. The van der Waals surface area contributed by atoms with Gasteiger partial charge in [0.1, 0.15) is 11.3 Å². The van der Waals surface area contributed by atoms with E-state index >= 15 is 0 Å². The molecule has 3 rings (SSSR count). The number of imidazole rings is 1. The molecule has 1 amide bonds. The Bertz CT molecular complexity index is 1130. The summed E-state index contributed by atoms with van der Waals surface area (Å²) in [6, 6.07) is 3.24. The molecule has 30 heavy (non-hydrogen) atoms. The zero-order valence-electron chi connectivity index (χ0n) is 17.6. The van der Waals surface area contributed by atoms with Crippen LogP contribution in [0.15, 0.2) is 16.9 Å².